The smallest absolute Gasteiger partial charge is 0.326 e. The van der Waals surface area contributed by atoms with Crippen molar-refractivity contribution in [2.45, 2.75) is 32.7 Å². The first-order valence-corrected chi connectivity index (χ1v) is 11.6. The fourth-order valence-corrected chi connectivity index (χ4v) is 3.94. The van der Waals surface area contributed by atoms with Gasteiger partial charge in [-0.15, -0.1) is 0 Å². The predicted octanol–water partition coefficient (Wildman–Crippen LogP) is 5.85. The van der Waals surface area contributed by atoms with Gasteiger partial charge in [0.2, 0.25) is 0 Å². The van der Waals surface area contributed by atoms with Gasteiger partial charge >= 0.3 is 5.97 Å². The van der Waals surface area contributed by atoms with Gasteiger partial charge in [0.05, 0.1) is 10.0 Å². The number of benzene rings is 3. The summed E-state index contributed by atoms with van der Waals surface area (Å²) in [6.07, 6.45) is 0.493. The van der Waals surface area contributed by atoms with Crippen LogP contribution in [-0.4, -0.2) is 28.8 Å². The van der Waals surface area contributed by atoms with Crippen molar-refractivity contribution >= 4 is 40.9 Å². The van der Waals surface area contributed by atoms with E-state index in [1.54, 1.807) is 56.3 Å². The van der Waals surface area contributed by atoms with Crippen molar-refractivity contribution in [3.63, 3.8) is 0 Å². The molecule has 0 aliphatic carbocycles. The van der Waals surface area contributed by atoms with E-state index in [-0.39, 0.29) is 24.5 Å². The minimum absolute atomic E-state index is 0.0355. The molecule has 0 spiro atoms. The molecule has 0 saturated carbocycles. The maximum absolute atomic E-state index is 12.5. The molecule has 7 heteroatoms. The lowest BCUT2D eigenvalue weighted by molar-refractivity contribution is -0.140. The van der Waals surface area contributed by atoms with Crippen molar-refractivity contribution in [2.75, 3.05) is 0 Å². The monoisotopic (exact) mass is 497 g/mol. The van der Waals surface area contributed by atoms with E-state index in [4.69, 9.17) is 23.2 Å². The molecule has 5 nitrogen and oxygen atoms in total. The van der Waals surface area contributed by atoms with Gasteiger partial charge in [-0.25, -0.2) is 4.79 Å². The molecule has 0 fully saturated rings. The van der Waals surface area contributed by atoms with Gasteiger partial charge in [0.15, 0.2) is 0 Å². The molecule has 176 valence electrons. The van der Waals surface area contributed by atoms with E-state index in [2.05, 4.69) is 5.32 Å². The molecule has 34 heavy (non-hydrogen) atoms. The fraction of sp³-hybridized carbons (Fsp3) is 0.222. The average molecular weight is 498 g/mol. The maximum atomic E-state index is 12.5. The van der Waals surface area contributed by atoms with Crippen molar-refractivity contribution in [1.29, 1.82) is 0 Å². The third-order valence-corrected chi connectivity index (χ3v) is 6.33. The summed E-state index contributed by atoms with van der Waals surface area (Å²) in [5.41, 5.74) is 3.82. The van der Waals surface area contributed by atoms with Gasteiger partial charge in [0.1, 0.15) is 11.8 Å². The van der Waals surface area contributed by atoms with E-state index in [1.165, 1.54) is 0 Å². The number of Topliss-reactive ketones (excluding diaryl/α,β-unsaturated/α-hetero) is 1. The van der Waals surface area contributed by atoms with Crippen molar-refractivity contribution in [2.24, 2.45) is 5.92 Å². The largest absolute Gasteiger partial charge is 0.480 e. The molecular weight excluding hydrogens is 473 g/mol. The molecule has 3 rings (SSSR count). The third kappa shape index (κ3) is 6.46. The minimum atomic E-state index is -1.06. The summed E-state index contributed by atoms with van der Waals surface area (Å²) < 4.78 is 0. The van der Waals surface area contributed by atoms with Crippen molar-refractivity contribution < 1.29 is 19.5 Å². The molecule has 0 aliphatic heterocycles. The molecule has 0 bridgehead atoms. The second kappa shape index (κ2) is 11.3. The summed E-state index contributed by atoms with van der Waals surface area (Å²) >= 11 is 12.2. The summed E-state index contributed by atoms with van der Waals surface area (Å²) in [4.78, 5) is 36.2. The highest BCUT2D eigenvalue weighted by molar-refractivity contribution is 6.42. The molecule has 0 heterocycles. The van der Waals surface area contributed by atoms with Crippen LogP contribution in [0.5, 0.6) is 0 Å². The van der Waals surface area contributed by atoms with Crippen LogP contribution in [0.4, 0.5) is 0 Å². The molecule has 0 aromatic heterocycles. The van der Waals surface area contributed by atoms with Gasteiger partial charge in [-0.3, -0.25) is 9.59 Å². The summed E-state index contributed by atoms with van der Waals surface area (Å²) in [5, 5.41) is 12.7. The van der Waals surface area contributed by atoms with E-state index in [0.717, 1.165) is 16.7 Å². The Balaban J connectivity index is 1.63. The highest BCUT2D eigenvalue weighted by Gasteiger charge is 2.23. The van der Waals surface area contributed by atoms with Gasteiger partial charge in [-0.1, -0.05) is 85.6 Å². The number of nitrogens with one attached hydrogen (secondary N) is 1. The van der Waals surface area contributed by atoms with Crippen molar-refractivity contribution in [3.8, 4) is 11.1 Å². The average Bonchev–Trinajstić information content (AvgIpc) is 2.80. The SMILES string of the molecule is CC(C)[C@H](NC(=O)c1ccc(-c2ccc(CC(=O)Cc3cccc(Cl)c3Cl)cc2)cc1)C(=O)O. The van der Waals surface area contributed by atoms with Crippen LogP contribution in [0, 0.1) is 5.92 Å². The normalized spacial score (nSPS) is 11.8. The van der Waals surface area contributed by atoms with Crippen LogP contribution in [0.3, 0.4) is 0 Å². The lowest BCUT2D eigenvalue weighted by Crippen LogP contribution is -2.44. The van der Waals surface area contributed by atoms with Gasteiger partial charge < -0.3 is 10.4 Å². The van der Waals surface area contributed by atoms with Crippen LogP contribution < -0.4 is 5.32 Å². The van der Waals surface area contributed by atoms with Gasteiger partial charge in [-0.2, -0.15) is 0 Å². The summed E-state index contributed by atoms with van der Waals surface area (Å²) in [7, 11) is 0. The highest BCUT2D eigenvalue weighted by Crippen LogP contribution is 2.26. The number of ketones is 1. The first kappa shape index (κ1) is 25.5. The Labute approximate surface area is 208 Å². The number of amides is 1. The zero-order valence-corrected chi connectivity index (χ0v) is 20.4. The Bertz CT molecular complexity index is 1190. The number of rotatable bonds is 9. The Morgan fingerprint density at radius 1 is 0.853 bits per heavy atom. The van der Waals surface area contributed by atoms with Gasteiger partial charge in [0, 0.05) is 18.4 Å². The van der Waals surface area contributed by atoms with E-state index >= 15 is 0 Å². The number of aliphatic carboxylic acids is 1. The summed E-state index contributed by atoms with van der Waals surface area (Å²) in [5.74, 6) is -1.68. The Morgan fingerprint density at radius 3 is 2.00 bits per heavy atom. The van der Waals surface area contributed by atoms with E-state index < -0.39 is 17.9 Å². The fourth-order valence-electron chi connectivity index (χ4n) is 3.55. The first-order valence-electron chi connectivity index (χ1n) is 10.8. The Hall–Kier alpha value is -3.15. The minimum Gasteiger partial charge on any atom is -0.480 e. The molecule has 0 radical (unpaired) electrons. The number of hydrogen-bond donors (Lipinski definition) is 2. The number of carboxylic acids is 1. The van der Waals surface area contributed by atoms with Crippen LogP contribution >= 0.6 is 23.2 Å². The molecule has 3 aromatic rings. The molecule has 0 aliphatic rings. The Morgan fingerprint density at radius 2 is 1.44 bits per heavy atom. The zero-order valence-electron chi connectivity index (χ0n) is 18.8. The van der Waals surface area contributed by atoms with Gasteiger partial charge in [-0.05, 0) is 46.4 Å². The molecule has 3 aromatic carbocycles. The third-order valence-electron chi connectivity index (χ3n) is 5.47. The number of carbonyl (C=O) groups is 3. The lowest BCUT2D eigenvalue weighted by atomic mass is 9.99. The zero-order chi connectivity index (χ0) is 24.8. The van der Waals surface area contributed by atoms with Crippen molar-refractivity contribution in [1.82, 2.24) is 5.32 Å². The van der Waals surface area contributed by atoms with E-state index in [9.17, 15) is 19.5 Å². The molecule has 0 saturated heterocycles. The molecule has 1 amide bonds. The number of hydrogen-bond acceptors (Lipinski definition) is 3. The van der Waals surface area contributed by atoms with E-state index in [0.29, 0.717) is 21.2 Å². The second-order valence-electron chi connectivity index (χ2n) is 8.41. The van der Waals surface area contributed by atoms with Crippen molar-refractivity contribution in [3.05, 3.63) is 93.5 Å². The quantitative estimate of drug-likeness (QED) is 0.388. The van der Waals surface area contributed by atoms with Gasteiger partial charge in [0.25, 0.3) is 5.91 Å². The summed E-state index contributed by atoms with van der Waals surface area (Å²) in [6, 6.07) is 18.9. The van der Waals surface area contributed by atoms with Crippen LogP contribution in [0.2, 0.25) is 10.0 Å². The molecular formula is C27H25Cl2NO4. The number of carboxylic acid groups (broad SMARTS) is 1. The molecule has 2 N–H and O–H groups in total. The molecule has 0 unspecified atom stereocenters. The standard InChI is InChI=1S/C27H25Cl2NO4/c1-16(2)25(27(33)34)30-26(32)20-12-10-19(11-13-20)18-8-6-17(7-9-18)14-22(31)15-21-4-3-5-23(28)24(21)29/h3-13,16,25H,14-15H2,1-2H3,(H,30,32)(H,33,34)/t25-/m0/s1. The lowest BCUT2D eigenvalue weighted by Gasteiger charge is -2.18. The second-order valence-corrected chi connectivity index (χ2v) is 9.20. The van der Waals surface area contributed by atoms with Crippen LogP contribution in [0.15, 0.2) is 66.7 Å². The van der Waals surface area contributed by atoms with Crippen LogP contribution in [-0.2, 0) is 22.4 Å². The topological polar surface area (TPSA) is 83.5 Å². The maximum Gasteiger partial charge on any atom is 0.326 e. The number of halogens is 2. The predicted molar refractivity (Wildman–Crippen MR) is 134 cm³/mol. The molecule has 1 atom stereocenters. The first-order chi connectivity index (χ1) is 16.2. The van der Waals surface area contributed by atoms with Crippen LogP contribution in [0.1, 0.15) is 35.3 Å². The number of carbonyl (C=O) groups excluding carboxylic acids is 2. The Kier molecular flexibility index (Phi) is 8.48. The van der Waals surface area contributed by atoms with E-state index in [1.807, 2.05) is 24.3 Å². The van der Waals surface area contributed by atoms with Crippen LogP contribution in [0.25, 0.3) is 11.1 Å². The summed E-state index contributed by atoms with van der Waals surface area (Å²) in [6.45, 7) is 3.48. The highest BCUT2D eigenvalue weighted by atomic mass is 35.5.